The monoisotopic (exact) mass is 205 g/mol. The molecule has 1 atom stereocenters. The highest BCUT2D eigenvalue weighted by atomic mass is 16.5. The molecule has 0 saturated heterocycles. The van der Waals surface area contributed by atoms with Gasteiger partial charge in [-0.05, 0) is 38.1 Å². The second-order valence-corrected chi connectivity index (χ2v) is 3.51. The highest BCUT2D eigenvalue weighted by molar-refractivity contribution is 5.28. The Hall–Kier alpha value is -1.28. The molecule has 0 aliphatic heterocycles. The Bertz CT molecular complexity index is 292. The quantitative estimate of drug-likeness (QED) is 0.569. The molecule has 0 radical (unpaired) electrons. The van der Waals surface area contributed by atoms with Crippen molar-refractivity contribution >= 4 is 0 Å². The van der Waals surface area contributed by atoms with Crippen LogP contribution in [0.2, 0.25) is 0 Å². The number of nitrogens with one attached hydrogen (secondary N) is 1. The summed E-state index contributed by atoms with van der Waals surface area (Å²) < 4.78 is 5.52. The van der Waals surface area contributed by atoms with Gasteiger partial charge in [0.1, 0.15) is 5.75 Å². The molecule has 1 unspecified atom stereocenters. The van der Waals surface area contributed by atoms with Gasteiger partial charge in [-0.2, -0.15) is 0 Å². The Labute approximate surface area is 92.0 Å². The Morgan fingerprint density at radius 3 is 2.60 bits per heavy atom. The van der Waals surface area contributed by atoms with Gasteiger partial charge in [0.25, 0.3) is 0 Å². The van der Waals surface area contributed by atoms with Crippen LogP contribution in [0, 0.1) is 0 Å². The molecular formula is C13H19NO. The van der Waals surface area contributed by atoms with E-state index in [0.717, 1.165) is 12.2 Å². The van der Waals surface area contributed by atoms with Gasteiger partial charge in [-0.25, -0.2) is 0 Å². The van der Waals surface area contributed by atoms with Gasteiger partial charge in [-0.3, -0.25) is 0 Å². The minimum atomic E-state index is 0.382. The molecule has 2 nitrogen and oxygen atoms in total. The summed E-state index contributed by atoms with van der Waals surface area (Å²) in [6, 6.07) is 8.57. The van der Waals surface area contributed by atoms with Gasteiger partial charge in [-0.1, -0.05) is 18.2 Å². The van der Waals surface area contributed by atoms with Crippen LogP contribution in [0.3, 0.4) is 0 Å². The van der Waals surface area contributed by atoms with Gasteiger partial charge in [0.2, 0.25) is 0 Å². The van der Waals surface area contributed by atoms with Crippen LogP contribution < -0.4 is 10.1 Å². The first-order valence-electron chi connectivity index (χ1n) is 5.29. The van der Waals surface area contributed by atoms with Gasteiger partial charge >= 0.3 is 0 Å². The lowest BCUT2D eigenvalue weighted by atomic mass is 10.1. The zero-order valence-corrected chi connectivity index (χ0v) is 9.49. The predicted octanol–water partition coefficient (Wildman–Crippen LogP) is 2.92. The fourth-order valence-electron chi connectivity index (χ4n) is 1.28. The van der Waals surface area contributed by atoms with Crippen LogP contribution in [0.4, 0.5) is 0 Å². The Kier molecular flexibility index (Phi) is 4.91. The van der Waals surface area contributed by atoms with Crippen molar-refractivity contribution in [2.75, 3.05) is 13.7 Å². The van der Waals surface area contributed by atoms with Gasteiger partial charge in [0.15, 0.2) is 0 Å². The molecule has 0 amide bonds. The molecule has 1 rings (SSSR count). The van der Waals surface area contributed by atoms with Crippen molar-refractivity contribution in [3.63, 3.8) is 0 Å². The summed E-state index contributed by atoms with van der Waals surface area (Å²) in [5.74, 6) is 0.920. The van der Waals surface area contributed by atoms with Crippen molar-refractivity contribution in [3.8, 4) is 5.75 Å². The highest BCUT2D eigenvalue weighted by Gasteiger charge is 2.01. The number of hydrogen-bond donors (Lipinski definition) is 1. The van der Waals surface area contributed by atoms with Crippen LogP contribution in [0.5, 0.6) is 5.75 Å². The molecule has 1 aromatic carbocycles. The zero-order valence-electron chi connectivity index (χ0n) is 9.49. The number of ether oxygens (including phenoxy) is 1. The van der Waals surface area contributed by atoms with E-state index in [0.29, 0.717) is 12.6 Å². The molecule has 1 aromatic rings. The molecule has 82 valence electrons. The van der Waals surface area contributed by atoms with Crippen LogP contribution >= 0.6 is 0 Å². The van der Waals surface area contributed by atoms with Crippen molar-refractivity contribution in [1.29, 1.82) is 0 Å². The maximum absolute atomic E-state index is 5.52. The molecular weight excluding hydrogens is 186 g/mol. The molecule has 15 heavy (non-hydrogen) atoms. The van der Waals surface area contributed by atoms with Gasteiger partial charge < -0.3 is 10.1 Å². The van der Waals surface area contributed by atoms with Crippen molar-refractivity contribution in [2.24, 2.45) is 0 Å². The summed E-state index contributed by atoms with van der Waals surface area (Å²) in [5, 5.41) is 3.20. The lowest BCUT2D eigenvalue weighted by Gasteiger charge is -2.11. The van der Waals surface area contributed by atoms with Crippen molar-refractivity contribution < 1.29 is 4.74 Å². The Balaban J connectivity index is 2.52. The van der Waals surface area contributed by atoms with E-state index in [1.54, 1.807) is 0 Å². The topological polar surface area (TPSA) is 21.3 Å². The summed E-state index contributed by atoms with van der Waals surface area (Å²) in [4.78, 5) is 0. The maximum atomic E-state index is 5.52. The SMILES string of the molecule is C=CCCOc1ccc(C(C)NC)cc1. The zero-order chi connectivity index (χ0) is 11.1. The summed E-state index contributed by atoms with van der Waals surface area (Å²) in [5.41, 5.74) is 1.27. The molecule has 0 aliphatic carbocycles. The van der Waals surface area contributed by atoms with E-state index in [2.05, 4.69) is 31.0 Å². The second kappa shape index (κ2) is 6.25. The average molecular weight is 205 g/mol. The molecule has 0 heterocycles. The van der Waals surface area contributed by atoms with Crippen LogP contribution in [-0.2, 0) is 0 Å². The first-order valence-corrected chi connectivity index (χ1v) is 5.29. The summed E-state index contributed by atoms with van der Waals surface area (Å²) in [6.45, 7) is 6.48. The first-order chi connectivity index (χ1) is 7.27. The third-order valence-electron chi connectivity index (χ3n) is 2.40. The Morgan fingerprint density at radius 1 is 1.40 bits per heavy atom. The van der Waals surface area contributed by atoms with Crippen LogP contribution in [0.25, 0.3) is 0 Å². The lowest BCUT2D eigenvalue weighted by molar-refractivity contribution is 0.325. The summed E-state index contributed by atoms with van der Waals surface area (Å²) in [7, 11) is 1.96. The fraction of sp³-hybridized carbons (Fsp3) is 0.385. The highest BCUT2D eigenvalue weighted by Crippen LogP contribution is 2.17. The van der Waals surface area contributed by atoms with Gasteiger partial charge in [-0.15, -0.1) is 6.58 Å². The third-order valence-corrected chi connectivity index (χ3v) is 2.40. The third kappa shape index (κ3) is 3.76. The predicted molar refractivity (Wildman–Crippen MR) is 64.2 cm³/mol. The van der Waals surface area contributed by atoms with Crippen LogP contribution in [-0.4, -0.2) is 13.7 Å². The number of hydrogen-bond acceptors (Lipinski definition) is 2. The molecule has 0 bridgehead atoms. The van der Waals surface area contributed by atoms with Crippen molar-refractivity contribution in [1.82, 2.24) is 5.32 Å². The van der Waals surface area contributed by atoms with Gasteiger partial charge in [0, 0.05) is 6.04 Å². The lowest BCUT2D eigenvalue weighted by Crippen LogP contribution is -2.11. The number of rotatable bonds is 6. The van der Waals surface area contributed by atoms with Crippen molar-refractivity contribution in [3.05, 3.63) is 42.5 Å². The van der Waals surface area contributed by atoms with E-state index in [-0.39, 0.29) is 0 Å². The van der Waals surface area contributed by atoms with Gasteiger partial charge in [0.05, 0.1) is 6.61 Å². The van der Waals surface area contributed by atoms with E-state index in [4.69, 9.17) is 4.74 Å². The molecule has 2 heteroatoms. The minimum Gasteiger partial charge on any atom is -0.493 e. The molecule has 1 N–H and O–H groups in total. The molecule has 0 saturated carbocycles. The van der Waals surface area contributed by atoms with E-state index in [9.17, 15) is 0 Å². The van der Waals surface area contributed by atoms with Crippen LogP contribution in [0.1, 0.15) is 24.9 Å². The van der Waals surface area contributed by atoms with E-state index in [1.165, 1.54) is 5.56 Å². The summed E-state index contributed by atoms with van der Waals surface area (Å²) in [6.07, 6.45) is 2.74. The van der Waals surface area contributed by atoms with E-state index < -0.39 is 0 Å². The normalized spacial score (nSPS) is 12.1. The largest absolute Gasteiger partial charge is 0.493 e. The van der Waals surface area contributed by atoms with E-state index in [1.807, 2.05) is 25.3 Å². The molecule has 0 spiro atoms. The van der Waals surface area contributed by atoms with Crippen LogP contribution in [0.15, 0.2) is 36.9 Å². The molecule has 0 aliphatic rings. The average Bonchev–Trinajstić information content (AvgIpc) is 2.29. The first kappa shape index (κ1) is 11.8. The molecule has 0 aromatic heterocycles. The van der Waals surface area contributed by atoms with Crippen molar-refractivity contribution in [2.45, 2.75) is 19.4 Å². The smallest absolute Gasteiger partial charge is 0.119 e. The second-order valence-electron chi connectivity index (χ2n) is 3.51. The van der Waals surface area contributed by atoms with E-state index >= 15 is 0 Å². The minimum absolute atomic E-state index is 0.382. The Morgan fingerprint density at radius 2 is 2.07 bits per heavy atom. The standard InChI is InChI=1S/C13H19NO/c1-4-5-10-15-13-8-6-12(7-9-13)11(2)14-3/h4,6-9,11,14H,1,5,10H2,2-3H3. The fourth-order valence-corrected chi connectivity index (χ4v) is 1.28. The molecule has 0 fully saturated rings. The summed E-state index contributed by atoms with van der Waals surface area (Å²) >= 11 is 0. The number of benzene rings is 1. The maximum Gasteiger partial charge on any atom is 0.119 e.